The molecule has 0 heterocycles. The topological polar surface area (TPSA) is 29.1 Å². The van der Waals surface area contributed by atoms with Crippen LogP contribution in [0.5, 0.6) is 0 Å². The van der Waals surface area contributed by atoms with Crippen LogP contribution in [0.1, 0.15) is 59.1 Å². The summed E-state index contributed by atoms with van der Waals surface area (Å²) in [6.07, 6.45) is 1.37. The first-order valence-electron chi connectivity index (χ1n) is 7.59. The van der Waals surface area contributed by atoms with E-state index in [1.165, 1.54) is 11.1 Å². The molecule has 1 aromatic carbocycles. The molecule has 2 nitrogen and oxygen atoms in total. The molecule has 0 saturated heterocycles. The Morgan fingerprint density at radius 1 is 1.10 bits per heavy atom. The van der Waals surface area contributed by atoms with Gasteiger partial charge in [-0.2, -0.15) is 0 Å². The van der Waals surface area contributed by atoms with E-state index in [0.29, 0.717) is 12.3 Å². The zero-order valence-electron chi connectivity index (χ0n) is 13.8. The normalized spacial score (nSPS) is 13.3. The predicted octanol–water partition coefficient (Wildman–Crippen LogP) is 4.08. The van der Waals surface area contributed by atoms with Crippen molar-refractivity contribution in [2.75, 3.05) is 0 Å². The largest absolute Gasteiger partial charge is 0.353 e. The number of hydrogen-bond acceptors (Lipinski definition) is 1. The third kappa shape index (κ3) is 5.36. The fraction of sp³-hybridized carbons (Fsp3) is 0.611. The van der Waals surface area contributed by atoms with Crippen molar-refractivity contribution in [2.24, 2.45) is 5.92 Å². The Labute approximate surface area is 124 Å². The van der Waals surface area contributed by atoms with Gasteiger partial charge in [0.2, 0.25) is 5.91 Å². The molecule has 0 unspecified atom stereocenters. The number of rotatable bonds is 5. The second-order valence-corrected chi connectivity index (χ2v) is 7.05. The van der Waals surface area contributed by atoms with Gasteiger partial charge in [0.25, 0.3) is 0 Å². The first kappa shape index (κ1) is 16.7. The van der Waals surface area contributed by atoms with Crippen molar-refractivity contribution in [3.8, 4) is 0 Å². The summed E-state index contributed by atoms with van der Waals surface area (Å²) in [5.74, 6) is 0.621. The molecule has 0 radical (unpaired) electrons. The molecule has 1 N–H and O–H groups in total. The number of hydrogen-bond donors (Lipinski definition) is 1. The fourth-order valence-electron chi connectivity index (χ4n) is 1.92. The van der Waals surface area contributed by atoms with Gasteiger partial charge in [0.1, 0.15) is 0 Å². The number of benzene rings is 1. The van der Waals surface area contributed by atoms with Crippen LogP contribution < -0.4 is 5.32 Å². The lowest BCUT2D eigenvalue weighted by Gasteiger charge is -2.19. The summed E-state index contributed by atoms with van der Waals surface area (Å²) >= 11 is 0. The number of nitrogens with one attached hydrogen (secondary N) is 1. The van der Waals surface area contributed by atoms with Gasteiger partial charge in [-0.25, -0.2) is 0 Å². The van der Waals surface area contributed by atoms with E-state index in [2.05, 4.69) is 71.1 Å². The molecule has 2 heteroatoms. The van der Waals surface area contributed by atoms with Crippen LogP contribution in [0.4, 0.5) is 0 Å². The van der Waals surface area contributed by atoms with Crippen LogP contribution in [-0.2, 0) is 16.6 Å². The number of carbonyl (C=O) groups excluding carboxylic acids is 1. The van der Waals surface area contributed by atoms with Crippen molar-refractivity contribution in [3.63, 3.8) is 0 Å². The molecule has 0 bridgehead atoms. The molecular weight excluding hydrogens is 246 g/mol. The molecule has 20 heavy (non-hydrogen) atoms. The van der Waals surface area contributed by atoms with E-state index in [0.717, 1.165) is 6.42 Å². The molecule has 0 aliphatic carbocycles. The highest BCUT2D eigenvalue weighted by atomic mass is 16.1. The standard InChI is InChI=1S/C18H29NO/c1-13(2)14(3)19-17(20)12-9-15-7-10-16(11-8-15)18(4,5)6/h7-8,10-11,13-14H,9,12H2,1-6H3,(H,19,20)/t14-/m0/s1. The molecule has 1 rings (SSSR count). The highest BCUT2D eigenvalue weighted by molar-refractivity contribution is 5.76. The van der Waals surface area contributed by atoms with E-state index in [9.17, 15) is 4.79 Å². The lowest BCUT2D eigenvalue weighted by Crippen LogP contribution is -2.36. The quantitative estimate of drug-likeness (QED) is 0.862. The van der Waals surface area contributed by atoms with E-state index in [-0.39, 0.29) is 17.4 Å². The van der Waals surface area contributed by atoms with Gasteiger partial charge in [-0.1, -0.05) is 58.9 Å². The van der Waals surface area contributed by atoms with Gasteiger partial charge in [-0.3, -0.25) is 4.79 Å². The van der Waals surface area contributed by atoms with Crippen LogP contribution in [0.2, 0.25) is 0 Å². The van der Waals surface area contributed by atoms with E-state index in [1.807, 2.05) is 0 Å². The number of carbonyl (C=O) groups is 1. The maximum Gasteiger partial charge on any atom is 0.220 e. The Morgan fingerprint density at radius 2 is 1.65 bits per heavy atom. The number of amides is 1. The molecule has 0 saturated carbocycles. The molecule has 0 aromatic heterocycles. The molecule has 1 amide bonds. The molecule has 0 fully saturated rings. The second kappa shape index (κ2) is 6.92. The lowest BCUT2D eigenvalue weighted by molar-refractivity contribution is -0.121. The van der Waals surface area contributed by atoms with Crippen molar-refractivity contribution in [3.05, 3.63) is 35.4 Å². The highest BCUT2D eigenvalue weighted by Gasteiger charge is 2.13. The predicted molar refractivity (Wildman–Crippen MR) is 85.9 cm³/mol. The molecule has 1 aromatic rings. The Balaban J connectivity index is 2.48. The maximum absolute atomic E-state index is 11.8. The van der Waals surface area contributed by atoms with E-state index >= 15 is 0 Å². The average Bonchev–Trinajstić information content (AvgIpc) is 2.35. The van der Waals surface area contributed by atoms with Crippen LogP contribution in [-0.4, -0.2) is 11.9 Å². The Kier molecular flexibility index (Phi) is 5.79. The third-order valence-electron chi connectivity index (χ3n) is 3.85. The van der Waals surface area contributed by atoms with Crippen molar-refractivity contribution in [1.82, 2.24) is 5.32 Å². The van der Waals surface area contributed by atoms with Gasteiger partial charge in [-0.15, -0.1) is 0 Å². The fourth-order valence-corrected chi connectivity index (χ4v) is 1.92. The number of aryl methyl sites for hydroxylation is 1. The summed E-state index contributed by atoms with van der Waals surface area (Å²) in [5.41, 5.74) is 2.74. The van der Waals surface area contributed by atoms with E-state index in [1.54, 1.807) is 0 Å². The van der Waals surface area contributed by atoms with Crippen molar-refractivity contribution in [2.45, 2.75) is 65.8 Å². The summed E-state index contributed by atoms with van der Waals surface area (Å²) < 4.78 is 0. The van der Waals surface area contributed by atoms with Crippen molar-refractivity contribution < 1.29 is 4.79 Å². The first-order valence-corrected chi connectivity index (χ1v) is 7.59. The SMILES string of the molecule is CC(C)[C@H](C)NC(=O)CCc1ccc(C(C)(C)C)cc1. The van der Waals surface area contributed by atoms with Crippen molar-refractivity contribution >= 4 is 5.91 Å². The van der Waals surface area contributed by atoms with Gasteiger partial charge in [0.05, 0.1) is 0 Å². The lowest BCUT2D eigenvalue weighted by atomic mass is 9.86. The van der Waals surface area contributed by atoms with Gasteiger partial charge in [-0.05, 0) is 35.8 Å². The molecule has 0 aliphatic rings. The van der Waals surface area contributed by atoms with E-state index < -0.39 is 0 Å². The van der Waals surface area contributed by atoms with Crippen LogP contribution in [0.3, 0.4) is 0 Å². The summed E-state index contributed by atoms with van der Waals surface area (Å²) in [6, 6.07) is 8.86. The Bertz CT molecular complexity index is 426. The summed E-state index contributed by atoms with van der Waals surface area (Å²) in [6.45, 7) is 12.9. The molecule has 0 spiro atoms. The van der Waals surface area contributed by atoms with Gasteiger partial charge < -0.3 is 5.32 Å². The zero-order chi connectivity index (χ0) is 15.3. The third-order valence-corrected chi connectivity index (χ3v) is 3.85. The van der Waals surface area contributed by atoms with Crippen LogP contribution >= 0.6 is 0 Å². The Morgan fingerprint density at radius 3 is 2.10 bits per heavy atom. The summed E-state index contributed by atoms with van der Waals surface area (Å²) in [7, 11) is 0. The first-order chi connectivity index (χ1) is 9.20. The van der Waals surface area contributed by atoms with Crippen LogP contribution in [0.25, 0.3) is 0 Å². The minimum atomic E-state index is 0.145. The Hall–Kier alpha value is -1.31. The summed E-state index contributed by atoms with van der Waals surface area (Å²) in [4.78, 5) is 11.8. The minimum absolute atomic E-state index is 0.145. The molecule has 0 aliphatic heterocycles. The molecule has 1 atom stereocenters. The van der Waals surface area contributed by atoms with Crippen LogP contribution in [0.15, 0.2) is 24.3 Å². The summed E-state index contributed by atoms with van der Waals surface area (Å²) in [5, 5.41) is 3.05. The van der Waals surface area contributed by atoms with Gasteiger partial charge >= 0.3 is 0 Å². The highest BCUT2D eigenvalue weighted by Crippen LogP contribution is 2.22. The molecular formula is C18H29NO. The minimum Gasteiger partial charge on any atom is -0.353 e. The van der Waals surface area contributed by atoms with Gasteiger partial charge in [0, 0.05) is 12.5 Å². The zero-order valence-corrected chi connectivity index (χ0v) is 13.8. The molecule has 112 valence electrons. The smallest absolute Gasteiger partial charge is 0.220 e. The monoisotopic (exact) mass is 275 g/mol. The van der Waals surface area contributed by atoms with E-state index in [4.69, 9.17) is 0 Å². The van der Waals surface area contributed by atoms with Gasteiger partial charge in [0.15, 0.2) is 0 Å². The maximum atomic E-state index is 11.8. The van der Waals surface area contributed by atoms with Crippen LogP contribution in [0, 0.1) is 5.92 Å². The van der Waals surface area contributed by atoms with Crippen molar-refractivity contribution in [1.29, 1.82) is 0 Å². The average molecular weight is 275 g/mol. The second-order valence-electron chi connectivity index (χ2n) is 7.05.